The van der Waals surface area contributed by atoms with Gasteiger partial charge in [0.15, 0.2) is 5.75 Å². The van der Waals surface area contributed by atoms with Crippen LogP contribution < -0.4 is 5.73 Å². The van der Waals surface area contributed by atoms with Crippen LogP contribution >= 0.6 is 0 Å². The summed E-state index contributed by atoms with van der Waals surface area (Å²) < 4.78 is 0. The van der Waals surface area contributed by atoms with Crippen molar-refractivity contribution in [1.82, 2.24) is 0 Å². The highest BCUT2D eigenvalue weighted by Gasteiger charge is 2.29. The van der Waals surface area contributed by atoms with Crippen molar-refractivity contribution < 1.29 is 10.0 Å². The van der Waals surface area contributed by atoms with Gasteiger partial charge < -0.3 is 10.8 Å². The largest absolute Gasteiger partial charge is 0.502 e. The maximum absolute atomic E-state index is 10.9. The molecule has 0 saturated heterocycles. The van der Waals surface area contributed by atoms with Crippen LogP contribution in [-0.4, -0.2) is 10.0 Å². The van der Waals surface area contributed by atoms with Gasteiger partial charge in [0.05, 0.1) is 16.6 Å². The Morgan fingerprint density at radius 2 is 2.11 bits per heavy atom. The molecule has 0 unspecified atom stereocenters. The summed E-state index contributed by atoms with van der Waals surface area (Å²) in [7, 11) is 0. The van der Waals surface area contributed by atoms with E-state index in [1.165, 1.54) is 6.07 Å². The van der Waals surface area contributed by atoms with Crippen molar-refractivity contribution in [2.24, 2.45) is 11.7 Å². The number of nitrogens with zero attached hydrogens (tertiary/aromatic N) is 2. The molecule has 1 aliphatic rings. The van der Waals surface area contributed by atoms with E-state index >= 15 is 0 Å². The highest BCUT2D eigenvalue weighted by atomic mass is 16.6. The number of nitro benzene ring substituents is 1. The molecule has 3 N–H and O–H groups in total. The van der Waals surface area contributed by atoms with Gasteiger partial charge in [0, 0.05) is 17.7 Å². The molecule has 0 bridgehead atoms. The van der Waals surface area contributed by atoms with Crippen LogP contribution in [0.15, 0.2) is 12.1 Å². The van der Waals surface area contributed by atoms with Crippen LogP contribution in [-0.2, 0) is 0 Å². The van der Waals surface area contributed by atoms with Crippen LogP contribution in [0.1, 0.15) is 42.9 Å². The fraction of sp³-hybridized carbons (Fsp3) is 0.462. The van der Waals surface area contributed by atoms with E-state index in [-0.39, 0.29) is 11.5 Å². The molecule has 1 aliphatic carbocycles. The standard InChI is InChI=1S/C13H15N3O3/c14-7-8-5-10(12(15)9-3-1-2-4-9)13(17)11(6-8)16(18)19/h5-6,9,12,17H,1-4,15H2/t12-/m0/s1. The normalized spacial score (nSPS) is 17.1. The molecule has 2 rings (SSSR count). The van der Waals surface area contributed by atoms with Crippen molar-refractivity contribution in [3.8, 4) is 11.8 Å². The van der Waals surface area contributed by atoms with Crippen molar-refractivity contribution >= 4 is 5.69 Å². The number of hydrogen-bond donors (Lipinski definition) is 2. The predicted molar refractivity (Wildman–Crippen MR) is 68.4 cm³/mol. The van der Waals surface area contributed by atoms with E-state index in [1.54, 1.807) is 0 Å². The second-order valence-corrected chi connectivity index (χ2v) is 4.87. The molecular formula is C13H15N3O3. The summed E-state index contributed by atoms with van der Waals surface area (Å²) in [4.78, 5) is 10.2. The molecule has 100 valence electrons. The Kier molecular flexibility index (Phi) is 3.67. The molecule has 1 aromatic carbocycles. The minimum absolute atomic E-state index is 0.146. The second kappa shape index (κ2) is 5.24. The summed E-state index contributed by atoms with van der Waals surface area (Å²) in [6, 6.07) is 3.92. The van der Waals surface area contributed by atoms with Crippen molar-refractivity contribution in [3.05, 3.63) is 33.4 Å². The zero-order chi connectivity index (χ0) is 14.0. The average Bonchev–Trinajstić information content (AvgIpc) is 2.91. The zero-order valence-corrected chi connectivity index (χ0v) is 10.4. The number of nitro groups is 1. The first kappa shape index (κ1) is 13.3. The number of nitrogens with two attached hydrogens (primary N) is 1. The lowest BCUT2D eigenvalue weighted by Crippen LogP contribution is -2.19. The summed E-state index contributed by atoms with van der Waals surface area (Å²) >= 11 is 0. The minimum atomic E-state index is -0.693. The first-order valence-corrected chi connectivity index (χ1v) is 6.21. The molecule has 1 atom stereocenters. The molecule has 1 saturated carbocycles. The molecule has 0 spiro atoms. The molecule has 0 heterocycles. The van der Waals surface area contributed by atoms with E-state index in [4.69, 9.17) is 11.0 Å². The van der Waals surface area contributed by atoms with Crippen molar-refractivity contribution in [1.29, 1.82) is 5.26 Å². The number of benzene rings is 1. The first-order valence-electron chi connectivity index (χ1n) is 6.21. The fourth-order valence-electron chi connectivity index (χ4n) is 2.67. The van der Waals surface area contributed by atoms with E-state index < -0.39 is 22.4 Å². The smallest absolute Gasteiger partial charge is 0.312 e. The Morgan fingerprint density at radius 3 is 2.63 bits per heavy atom. The third-order valence-corrected chi connectivity index (χ3v) is 3.71. The van der Waals surface area contributed by atoms with Crippen molar-refractivity contribution in [3.63, 3.8) is 0 Å². The van der Waals surface area contributed by atoms with Gasteiger partial charge in [-0.2, -0.15) is 5.26 Å². The minimum Gasteiger partial charge on any atom is -0.502 e. The number of phenolic OH excluding ortho intramolecular Hbond substituents is 1. The summed E-state index contributed by atoms with van der Waals surface area (Å²) in [5.74, 6) is -0.206. The van der Waals surface area contributed by atoms with Crippen LogP contribution in [0.25, 0.3) is 0 Å². The van der Waals surface area contributed by atoms with Crippen LogP contribution in [0.3, 0.4) is 0 Å². The van der Waals surface area contributed by atoms with Crippen LogP contribution in [0, 0.1) is 27.4 Å². The average molecular weight is 261 g/mol. The van der Waals surface area contributed by atoms with E-state index in [0.717, 1.165) is 31.7 Å². The number of rotatable bonds is 3. The third-order valence-electron chi connectivity index (χ3n) is 3.71. The highest BCUT2D eigenvalue weighted by molar-refractivity contribution is 5.57. The second-order valence-electron chi connectivity index (χ2n) is 4.87. The lowest BCUT2D eigenvalue weighted by atomic mass is 9.90. The van der Waals surface area contributed by atoms with Gasteiger partial charge >= 0.3 is 5.69 Å². The summed E-state index contributed by atoms with van der Waals surface area (Å²) in [5.41, 5.74) is 6.10. The molecule has 0 aromatic heterocycles. The third kappa shape index (κ3) is 2.51. The molecule has 0 aliphatic heterocycles. The summed E-state index contributed by atoms with van der Waals surface area (Å²) in [6.07, 6.45) is 4.06. The molecule has 0 amide bonds. The van der Waals surface area contributed by atoms with E-state index in [0.29, 0.717) is 5.56 Å². The molecule has 6 nitrogen and oxygen atoms in total. The molecule has 19 heavy (non-hydrogen) atoms. The fourth-order valence-corrected chi connectivity index (χ4v) is 2.67. The van der Waals surface area contributed by atoms with Crippen LogP contribution in [0.2, 0.25) is 0 Å². The Morgan fingerprint density at radius 1 is 1.47 bits per heavy atom. The predicted octanol–water partition coefficient (Wildman–Crippen LogP) is 2.36. The molecule has 1 aromatic rings. The Labute approximate surface area is 110 Å². The van der Waals surface area contributed by atoms with E-state index in [1.807, 2.05) is 6.07 Å². The summed E-state index contributed by atoms with van der Waals surface area (Å²) in [5, 5.41) is 29.8. The van der Waals surface area contributed by atoms with Crippen LogP contribution in [0.4, 0.5) is 5.69 Å². The number of aromatic hydroxyl groups is 1. The lowest BCUT2D eigenvalue weighted by molar-refractivity contribution is -0.386. The Hall–Kier alpha value is -2.13. The van der Waals surface area contributed by atoms with Gasteiger partial charge in [-0.3, -0.25) is 10.1 Å². The number of hydrogen-bond acceptors (Lipinski definition) is 5. The van der Waals surface area contributed by atoms with Gasteiger partial charge in [-0.1, -0.05) is 12.8 Å². The topological polar surface area (TPSA) is 113 Å². The van der Waals surface area contributed by atoms with Crippen LogP contribution in [0.5, 0.6) is 5.75 Å². The maximum Gasteiger partial charge on any atom is 0.312 e. The first-order chi connectivity index (χ1) is 9.04. The zero-order valence-electron chi connectivity index (χ0n) is 10.4. The van der Waals surface area contributed by atoms with Gasteiger partial charge in [0.2, 0.25) is 0 Å². The molecule has 0 radical (unpaired) electrons. The van der Waals surface area contributed by atoms with Gasteiger partial charge in [-0.25, -0.2) is 0 Å². The maximum atomic E-state index is 10.9. The number of nitriles is 1. The molecular weight excluding hydrogens is 246 g/mol. The van der Waals surface area contributed by atoms with Gasteiger partial charge in [0.25, 0.3) is 0 Å². The number of phenols is 1. The quantitative estimate of drug-likeness (QED) is 0.640. The van der Waals surface area contributed by atoms with Crippen molar-refractivity contribution in [2.45, 2.75) is 31.7 Å². The Balaban J connectivity index is 2.46. The van der Waals surface area contributed by atoms with E-state index in [2.05, 4.69) is 0 Å². The van der Waals surface area contributed by atoms with Gasteiger partial charge in [-0.15, -0.1) is 0 Å². The monoisotopic (exact) mass is 261 g/mol. The Bertz CT molecular complexity index is 545. The lowest BCUT2D eigenvalue weighted by Gasteiger charge is -2.20. The highest BCUT2D eigenvalue weighted by Crippen LogP contribution is 2.41. The van der Waals surface area contributed by atoms with Gasteiger partial charge in [-0.05, 0) is 24.8 Å². The summed E-state index contributed by atoms with van der Waals surface area (Å²) in [6.45, 7) is 0. The SMILES string of the molecule is N#Cc1cc([C@@H](N)C2CCCC2)c(O)c([N+](=O)[O-])c1. The van der Waals surface area contributed by atoms with Gasteiger partial charge in [0.1, 0.15) is 0 Å². The van der Waals surface area contributed by atoms with Crippen molar-refractivity contribution in [2.75, 3.05) is 0 Å². The molecule has 1 fully saturated rings. The molecule has 6 heteroatoms. The van der Waals surface area contributed by atoms with E-state index in [9.17, 15) is 15.2 Å².